The smallest absolute Gasteiger partial charge is 0.101 e. The minimum absolute atomic E-state index is 0. The highest BCUT2D eigenvalue weighted by Gasteiger charge is 2.02. The van der Waals surface area contributed by atoms with E-state index in [4.69, 9.17) is 5.11 Å². The van der Waals surface area contributed by atoms with Crippen molar-refractivity contribution in [3.05, 3.63) is 0 Å². The number of likely N-dealkylation sites (N-methyl/N-ethyl adjacent to an activating group) is 1. The molecule has 0 radical (unpaired) electrons. The van der Waals surface area contributed by atoms with Crippen LogP contribution >= 0.6 is 0 Å². The van der Waals surface area contributed by atoms with Crippen LogP contribution in [0.25, 0.3) is 0 Å². The normalized spacial score (nSPS) is 10.5. The van der Waals surface area contributed by atoms with E-state index in [1.807, 2.05) is 0 Å². The first-order chi connectivity index (χ1) is 3.06. The average molecular weight is 141 g/mol. The van der Waals surface area contributed by atoms with Crippen LogP contribution in [0.15, 0.2) is 0 Å². The van der Waals surface area contributed by atoms with Gasteiger partial charge >= 0.3 is 0 Å². The molecule has 0 unspecified atom stereocenters. The highest BCUT2D eigenvalue weighted by Crippen LogP contribution is 1.84. The predicted octanol–water partition coefficient (Wildman–Crippen LogP) is -3.31. The number of hydrogen-bond donors (Lipinski definition) is 1. The van der Waals surface area contributed by atoms with Crippen molar-refractivity contribution >= 4 is 0 Å². The molecule has 0 atom stereocenters. The highest BCUT2D eigenvalue weighted by atomic mass is 35.5. The zero-order valence-electron chi connectivity index (χ0n) is 5.69. The van der Waals surface area contributed by atoms with Crippen LogP contribution < -0.4 is 12.4 Å². The summed E-state index contributed by atoms with van der Waals surface area (Å²) in [5.41, 5.74) is 0. The van der Waals surface area contributed by atoms with E-state index in [-0.39, 0.29) is 19.0 Å². The Morgan fingerprint density at radius 2 is 1.62 bits per heavy atom. The number of hydrogen-bond acceptors (Lipinski definition) is 1. The molecule has 0 amide bonds. The van der Waals surface area contributed by atoms with Crippen LogP contribution in [0.4, 0.5) is 0 Å². The molecule has 2 nitrogen and oxygen atoms in total. The number of aliphatic hydroxyl groups excluding tert-OH is 1. The maximum absolute atomic E-state index is 8.39. The van der Waals surface area contributed by atoms with Gasteiger partial charge in [-0.15, -0.1) is 0 Å². The monoisotopic (exact) mass is 140 g/mol. The number of halogens is 1. The first-order valence-corrected chi connectivity index (χ1v) is 2.47. The molecule has 0 aromatic carbocycles. The molecule has 0 aromatic rings. The van der Waals surface area contributed by atoms with Crippen molar-refractivity contribution in [1.29, 1.82) is 0 Å². The minimum atomic E-state index is 0. The zero-order valence-corrected chi connectivity index (χ0v) is 6.44. The van der Waals surface area contributed by atoms with E-state index in [1.165, 1.54) is 0 Å². The van der Waals surface area contributed by atoms with Gasteiger partial charge in [0.15, 0.2) is 0 Å². The lowest BCUT2D eigenvalue weighted by atomic mass is 10.7. The first kappa shape index (κ1) is 11.1. The summed E-state index contributed by atoms with van der Waals surface area (Å²) in [6, 6.07) is 0. The Morgan fingerprint density at radius 1 is 1.25 bits per heavy atom. The average Bonchev–Trinajstić information content (AvgIpc) is 1.30. The maximum atomic E-state index is 8.39. The molecule has 52 valence electrons. The van der Waals surface area contributed by atoms with Crippen LogP contribution in [0, 0.1) is 0 Å². The van der Waals surface area contributed by atoms with Gasteiger partial charge in [0.2, 0.25) is 0 Å². The fourth-order valence-electron chi connectivity index (χ4n) is 0.300. The Kier molecular flexibility index (Phi) is 5.71. The van der Waals surface area contributed by atoms with Gasteiger partial charge in [-0.2, -0.15) is 0 Å². The molecular weight excluding hydrogens is 127 g/mol. The van der Waals surface area contributed by atoms with Gasteiger partial charge in [0.25, 0.3) is 0 Å². The van der Waals surface area contributed by atoms with Gasteiger partial charge in [0.1, 0.15) is 6.54 Å². The Morgan fingerprint density at radius 3 is 1.62 bits per heavy atom. The summed E-state index contributed by atoms with van der Waals surface area (Å²) in [4.78, 5) is 0. The number of quaternary nitrogens is 1. The van der Waals surface area contributed by atoms with Gasteiger partial charge in [-0.05, 0) is 0 Å². The second-order valence-corrected chi connectivity index (χ2v) is 2.74. The molecule has 0 saturated heterocycles. The Bertz CT molecular complexity index is 50.9. The van der Waals surface area contributed by atoms with E-state index in [9.17, 15) is 0 Å². The molecule has 0 aliphatic heterocycles. The van der Waals surface area contributed by atoms with E-state index in [0.717, 1.165) is 11.0 Å². The molecule has 0 aromatic heterocycles. The van der Waals surface area contributed by atoms with Gasteiger partial charge in [0, 0.05) is 0 Å². The minimum Gasteiger partial charge on any atom is -1.00 e. The van der Waals surface area contributed by atoms with E-state index in [1.54, 1.807) is 0 Å². The van der Waals surface area contributed by atoms with Crippen molar-refractivity contribution in [2.45, 2.75) is 0 Å². The molecule has 0 saturated carbocycles. The molecule has 0 aliphatic carbocycles. The second kappa shape index (κ2) is 4.13. The summed E-state index contributed by atoms with van der Waals surface area (Å²) >= 11 is 0. The molecule has 3 heteroatoms. The summed E-state index contributed by atoms with van der Waals surface area (Å²) < 4.78 is 0.844. The molecule has 8 heavy (non-hydrogen) atoms. The molecular formula is C5H14ClNO. The fourth-order valence-corrected chi connectivity index (χ4v) is 0.300. The lowest BCUT2D eigenvalue weighted by molar-refractivity contribution is -0.870. The largest absolute Gasteiger partial charge is 1.00 e. The van der Waals surface area contributed by atoms with E-state index in [0.29, 0.717) is 0 Å². The molecule has 0 bridgehead atoms. The van der Waals surface area contributed by atoms with Crippen LogP contribution in [0.3, 0.4) is 0 Å². The van der Waals surface area contributed by atoms with Gasteiger partial charge < -0.3 is 22.0 Å². The van der Waals surface area contributed by atoms with Crippen molar-refractivity contribution in [3.63, 3.8) is 0 Å². The Balaban J connectivity index is 0. The van der Waals surface area contributed by atoms with Gasteiger partial charge in [-0.1, -0.05) is 0 Å². The molecule has 0 aliphatic rings. The standard InChI is InChI=1S/C5H14NO.ClH/c1-6(2,3)4-5-7;/h7H,4-5H2,1-3H3;1H/q+1;/p-1/i6+1;. The first-order valence-electron chi connectivity index (χ1n) is 2.47. The SMILES string of the molecule is C[15N+](C)(C)CCO.[Cl-]. The van der Waals surface area contributed by atoms with Crippen LogP contribution in [-0.4, -0.2) is 43.9 Å². The fraction of sp³-hybridized carbons (Fsp3) is 1.00. The number of aliphatic hydroxyl groups is 1. The van der Waals surface area contributed by atoms with Crippen molar-refractivity contribution in [2.75, 3.05) is 34.3 Å². The van der Waals surface area contributed by atoms with Crippen molar-refractivity contribution in [3.8, 4) is 0 Å². The third-order valence-corrected chi connectivity index (χ3v) is 0.771. The van der Waals surface area contributed by atoms with Gasteiger partial charge in [0.05, 0.1) is 27.7 Å². The van der Waals surface area contributed by atoms with Gasteiger partial charge in [-0.3, -0.25) is 0 Å². The van der Waals surface area contributed by atoms with Crippen molar-refractivity contribution < 1.29 is 22.0 Å². The molecule has 0 fully saturated rings. The van der Waals surface area contributed by atoms with Crippen LogP contribution in [0.1, 0.15) is 0 Å². The van der Waals surface area contributed by atoms with Crippen LogP contribution in [0.2, 0.25) is 0 Å². The van der Waals surface area contributed by atoms with Crippen molar-refractivity contribution in [2.24, 2.45) is 0 Å². The maximum Gasteiger partial charge on any atom is 0.101 e. The number of nitrogens with zero attached hydrogens (tertiary/aromatic N) is 1. The summed E-state index contributed by atoms with van der Waals surface area (Å²) in [5.74, 6) is 0. The van der Waals surface area contributed by atoms with E-state index < -0.39 is 0 Å². The quantitative estimate of drug-likeness (QED) is 0.315. The molecule has 0 heterocycles. The molecule has 0 spiro atoms. The lowest BCUT2D eigenvalue weighted by Crippen LogP contribution is -3.00. The van der Waals surface area contributed by atoms with E-state index >= 15 is 0 Å². The second-order valence-electron chi connectivity index (χ2n) is 2.74. The van der Waals surface area contributed by atoms with Crippen molar-refractivity contribution in [1.82, 2.24) is 0 Å². The van der Waals surface area contributed by atoms with E-state index in [2.05, 4.69) is 21.1 Å². The summed E-state index contributed by atoms with van der Waals surface area (Å²) in [6.45, 7) is 1.11. The summed E-state index contributed by atoms with van der Waals surface area (Å²) in [6.07, 6.45) is 0. The van der Waals surface area contributed by atoms with Crippen LogP contribution in [-0.2, 0) is 0 Å². The molecule has 1 N–H and O–H groups in total. The Labute approximate surface area is 57.1 Å². The highest BCUT2D eigenvalue weighted by molar-refractivity contribution is 4.19. The summed E-state index contributed by atoms with van der Waals surface area (Å²) in [7, 11) is 6.16. The molecule has 0 rings (SSSR count). The predicted molar refractivity (Wildman–Crippen MR) is 30.0 cm³/mol. The van der Waals surface area contributed by atoms with Gasteiger partial charge in [-0.25, -0.2) is 0 Å². The Hall–Kier alpha value is 0.210. The zero-order chi connectivity index (χ0) is 5.91. The van der Waals surface area contributed by atoms with Crippen LogP contribution in [0.5, 0.6) is 0 Å². The third-order valence-electron chi connectivity index (χ3n) is 0.771. The topological polar surface area (TPSA) is 20.2 Å². The summed E-state index contributed by atoms with van der Waals surface area (Å²) in [5, 5.41) is 8.39. The lowest BCUT2D eigenvalue weighted by Gasteiger charge is -2.21. The number of rotatable bonds is 2. The third kappa shape index (κ3) is 9.51.